The van der Waals surface area contributed by atoms with E-state index >= 15 is 0 Å². The Morgan fingerprint density at radius 3 is 2.71 bits per heavy atom. The molecule has 0 spiro atoms. The third-order valence-corrected chi connectivity index (χ3v) is 2.26. The van der Waals surface area contributed by atoms with Crippen LogP contribution in [0.4, 0.5) is 0 Å². The van der Waals surface area contributed by atoms with Gasteiger partial charge in [0.05, 0.1) is 5.69 Å². The molecule has 3 nitrogen and oxygen atoms in total. The Balaban J connectivity index is 2.59. The fourth-order valence-electron chi connectivity index (χ4n) is 1.45. The Morgan fingerprint density at radius 1 is 1.36 bits per heavy atom. The summed E-state index contributed by atoms with van der Waals surface area (Å²) in [6.07, 6.45) is 1.67. The van der Waals surface area contributed by atoms with Crippen molar-refractivity contribution < 1.29 is 4.52 Å². The molecule has 0 N–H and O–H groups in total. The van der Waals surface area contributed by atoms with Gasteiger partial charge in [-0.25, -0.2) is 4.98 Å². The highest BCUT2D eigenvalue weighted by atomic mass is 35.5. The quantitative estimate of drug-likeness (QED) is 0.677. The molecule has 2 heterocycles. The van der Waals surface area contributed by atoms with Crippen molar-refractivity contribution in [1.29, 1.82) is 0 Å². The Morgan fingerprint density at radius 2 is 2.14 bits per heavy atom. The first-order valence-corrected chi connectivity index (χ1v) is 4.61. The second kappa shape index (κ2) is 3.42. The number of nitrogens with zero attached hydrogens (tertiary/aromatic N) is 2. The molecule has 72 valence electrons. The molecule has 14 heavy (non-hydrogen) atoms. The van der Waals surface area contributed by atoms with Crippen LogP contribution in [0.1, 0.15) is 11.5 Å². The molecule has 2 aromatic heterocycles. The van der Waals surface area contributed by atoms with Gasteiger partial charge < -0.3 is 4.52 Å². The minimum absolute atomic E-state index is 0.475. The second-order valence-corrected chi connectivity index (χ2v) is 3.45. The van der Waals surface area contributed by atoms with Crippen molar-refractivity contribution in [3.8, 4) is 11.1 Å². The predicted molar refractivity (Wildman–Crippen MR) is 54.2 cm³/mol. The molecule has 0 atom stereocenters. The molecular weight excluding hydrogens is 200 g/mol. The van der Waals surface area contributed by atoms with Gasteiger partial charge in [0.1, 0.15) is 10.9 Å². The van der Waals surface area contributed by atoms with Crippen molar-refractivity contribution in [3.63, 3.8) is 0 Å². The zero-order chi connectivity index (χ0) is 10.1. The van der Waals surface area contributed by atoms with Gasteiger partial charge in [-0.05, 0) is 31.5 Å². The zero-order valence-corrected chi connectivity index (χ0v) is 8.67. The highest BCUT2D eigenvalue weighted by molar-refractivity contribution is 6.29. The van der Waals surface area contributed by atoms with Gasteiger partial charge in [-0.2, -0.15) is 0 Å². The molecule has 4 heteroatoms. The van der Waals surface area contributed by atoms with E-state index in [1.54, 1.807) is 12.3 Å². The van der Waals surface area contributed by atoms with E-state index in [1.165, 1.54) is 0 Å². The average Bonchev–Trinajstić information content (AvgIpc) is 2.46. The van der Waals surface area contributed by atoms with Crippen LogP contribution >= 0.6 is 11.6 Å². The lowest BCUT2D eigenvalue weighted by atomic mass is 10.1. The van der Waals surface area contributed by atoms with Gasteiger partial charge in [-0.3, -0.25) is 0 Å². The molecule has 0 aliphatic rings. The van der Waals surface area contributed by atoms with Crippen LogP contribution in [-0.4, -0.2) is 10.1 Å². The number of pyridine rings is 1. The van der Waals surface area contributed by atoms with Crippen molar-refractivity contribution in [2.24, 2.45) is 0 Å². The van der Waals surface area contributed by atoms with Gasteiger partial charge in [-0.15, -0.1) is 0 Å². The number of halogens is 1. The Kier molecular flexibility index (Phi) is 2.25. The number of aromatic nitrogens is 2. The van der Waals surface area contributed by atoms with Gasteiger partial charge in [-0.1, -0.05) is 16.8 Å². The van der Waals surface area contributed by atoms with E-state index in [1.807, 2.05) is 19.9 Å². The van der Waals surface area contributed by atoms with Gasteiger partial charge >= 0.3 is 0 Å². The van der Waals surface area contributed by atoms with E-state index in [-0.39, 0.29) is 0 Å². The number of hydrogen-bond acceptors (Lipinski definition) is 3. The second-order valence-electron chi connectivity index (χ2n) is 3.07. The van der Waals surface area contributed by atoms with Crippen molar-refractivity contribution >= 4 is 11.6 Å². The smallest absolute Gasteiger partial charge is 0.141 e. The summed E-state index contributed by atoms with van der Waals surface area (Å²) in [6, 6.07) is 3.69. The van der Waals surface area contributed by atoms with Crippen LogP contribution in [0.15, 0.2) is 22.9 Å². The molecule has 0 saturated carbocycles. The van der Waals surface area contributed by atoms with Crippen molar-refractivity contribution in [2.45, 2.75) is 13.8 Å². The van der Waals surface area contributed by atoms with Gasteiger partial charge in [0.25, 0.3) is 0 Å². The highest BCUT2D eigenvalue weighted by Gasteiger charge is 2.11. The molecule has 0 aliphatic carbocycles. The summed E-state index contributed by atoms with van der Waals surface area (Å²) in [5.74, 6) is 0.796. The minimum Gasteiger partial charge on any atom is -0.361 e. The predicted octanol–water partition coefficient (Wildman–Crippen LogP) is 3.01. The van der Waals surface area contributed by atoms with E-state index in [0.29, 0.717) is 5.15 Å². The first kappa shape index (κ1) is 9.21. The van der Waals surface area contributed by atoms with Crippen molar-refractivity contribution in [3.05, 3.63) is 34.9 Å². The molecule has 0 aliphatic heterocycles. The average molecular weight is 209 g/mol. The molecule has 0 aromatic carbocycles. The van der Waals surface area contributed by atoms with Gasteiger partial charge in [0.15, 0.2) is 0 Å². The molecule has 0 fully saturated rings. The van der Waals surface area contributed by atoms with Crippen LogP contribution in [0.25, 0.3) is 11.1 Å². The summed E-state index contributed by atoms with van der Waals surface area (Å²) in [4.78, 5) is 3.92. The number of hydrogen-bond donors (Lipinski definition) is 0. The summed E-state index contributed by atoms with van der Waals surface area (Å²) >= 11 is 5.80. The summed E-state index contributed by atoms with van der Waals surface area (Å²) in [5.41, 5.74) is 2.85. The topological polar surface area (TPSA) is 38.9 Å². The molecule has 2 rings (SSSR count). The maximum Gasteiger partial charge on any atom is 0.141 e. The minimum atomic E-state index is 0.475. The van der Waals surface area contributed by atoms with Crippen LogP contribution in [0, 0.1) is 13.8 Å². The number of rotatable bonds is 1. The first-order valence-electron chi connectivity index (χ1n) is 4.23. The first-order chi connectivity index (χ1) is 6.68. The largest absolute Gasteiger partial charge is 0.361 e. The lowest BCUT2D eigenvalue weighted by Gasteiger charge is -1.99. The molecule has 0 bridgehead atoms. The van der Waals surface area contributed by atoms with E-state index < -0.39 is 0 Å². The fraction of sp³-hybridized carbons (Fsp3) is 0.200. The van der Waals surface area contributed by atoms with Crippen LogP contribution < -0.4 is 0 Å². The molecule has 0 amide bonds. The molecule has 0 saturated heterocycles. The van der Waals surface area contributed by atoms with Gasteiger partial charge in [0, 0.05) is 11.8 Å². The van der Waals surface area contributed by atoms with Crippen LogP contribution in [-0.2, 0) is 0 Å². The Labute approximate surface area is 86.7 Å². The highest BCUT2D eigenvalue weighted by Crippen LogP contribution is 2.27. The van der Waals surface area contributed by atoms with Gasteiger partial charge in [0.2, 0.25) is 0 Å². The molecular formula is C10H9ClN2O. The van der Waals surface area contributed by atoms with E-state index in [0.717, 1.165) is 22.6 Å². The van der Waals surface area contributed by atoms with E-state index in [4.69, 9.17) is 16.1 Å². The number of aryl methyl sites for hydroxylation is 2. The maximum atomic E-state index is 5.80. The van der Waals surface area contributed by atoms with Crippen LogP contribution in [0.2, 0.25) is 5.15 Å². The molecule has 0 radical (unpaired) electrons. The normalized spacial score (nSPS) is 10.5. The molecule has 2 aromatic rings. The summed E-state index contributed by atoms with van der Waals surface area (Å²) in [7, 11) is 0. The zero-order valence-electron chi connectivity index (χ0n) is 7.91. The van der Waals surface area contributed by atoms with E-state index in [9.17, 15) is 0 Å². The van der Waals surface area contributed by atoms with Crippen LogP contribution in [0.3, 0.4) is 0 Å². The molecule has 0 unspecified atom stereocenters. The van der Waals surface area contributed by atoms with E-state index in [2.05, 4.69) is 10.1 Å². The summed E-state index contributed by atoms with van der Waals surface area (Å²) < 4.78 is 5.08. The third-order valence-electron chi connectivity index (χ3n) is 2.05. The van der Waals surface area contributed by atoms with Crippen LogP contribution in [0.5, 0.6) is 0 Å². The monoisotopic (exact) mass is 208 g/mol. The lowest BCUT2D eigenvalue weighted by molar-refractivity contribution is 0.393. The third kappa shape index (κ3) is 1.51. The Bertz CT molecular complexity index is 445. The lowest BCUT2D eigenvalue weighted by Crippen LogP contribution is -1.83. The van der Waals surface area contributed by atoms with Crippen molar-refractivity contribution in [2.75, 3.05) is 0 Å². The summed E-state index contributed by atoms with van der Waals surface area (Å²) in [5, 5.41) is 4.36. The Hall–Kier alpha value is -1.35. The fourth-order valence-corrected chi connectivity index (χ4v) is 1.63. The standard InChI is InChI=1S/C10H9ClN2O/c1-6-10(7(2)14-13-6)8-3-4-12-9(11)5-8/h3-5H,1-2H3. The maximum absolute atomic E-state index is 5.80. The van der Waals surface area contributed by atoms with Crippen molar-refractivity contribution in [1.82, 2.24) is 10.1 Å². The SMILES string of the molecule is Cc1noc(C)c1-c1ccnc(Cl)c1. The summed E-state index contributed by atoms with van der Waals surface area (Å²) in [6.45, 7) is 3.78.